The van der Waals surface area contributed by atoms with Crippen LogP contribution in [0.25, 0.3) is 0 Å². The van der Waals surface area contributed by atoms with E-state index in [1.165, 1.54) is 6.20 Å². The van der Waals surface area contributed by atoms with Crippen LogP contribution in [0.15, 0.2) is 30.5 Å². The Morgan fingerprint density at radius 2 is 2.04 bits per heavy atom. The Hall–Kier alpha value is -2.34. The molecule has 0 spiro atoms. The SMILES string of the molecule is Nc1ncc(Oc2ccc(Cl)cc2)c(NC2CCCCC2=O)n1. The molecule has 2 aromatic rings. The van der Waals surface area contributed by atoms with Crippen molar-refractivity contribution in [3.63, 3.8) is 0 Å². The Bertz CT molecular complexity index is 706. The molecule has 1 fully saturated rings. The van der Waals surface area contributed by atoms with E-state index in [2.05, 4.69) is 15.3 Å². The quantitative estimate of drug-likeness (QED) is 0.891. The molecule has 1 aromatic heterocycles. The number of Topliss-reactive ketones (excluding diaryl/α,β-unsaturated/α-hetero) is 1. The Morgan fingerprint density at radius 1 is 1.26 bits per heavy atom. The van der Waals surface area contributed by atoms with Gasteiger partial charge in [-0.15, -0.1) is 0 Å². The molecule has 3 rings (SSSR count). The van der Waals surface area contributed by atoms with Gasteiger partial charge in [0, 0.05) is 11.4 Å². The fourth-order valence-electron chi connectivity index (χ4n) is 2.49. The first-order chi connectivity index (χ1) is 11.1. The Labute approximate surface area is 139 Å². The zero-order valence-corrected chi connectivity index (χ0v) is 13.2. The molecular weight excluding hydrogens is 316 g/mol. The first kappa shape index (κ1) is 15.6. The largest absolute Gasteiger partial charge is 0.452 e. The van der Waals surface area contributed by atoms with Crippen molar-refractivity contribution >= 4 is 29.2 Å². The molecule has 120 valence electrons. The summed E-state index contributed by atoms with van der Waals surface area (Å²) < 4.78 is 5.78. The lowest BCUT2D eigenvalue weighted by Gasteiger charge is -2.23. The van der Waals surface area contributed by atoms with Crippen LogP contribution in [0.5, 0.6) is 11.5 Å². The number of aromatic nitrogens is 2. The van der Waals surface area contributed by atoms with Gasteiger partial charge in [-0.25, -0.2) is 4.98 Å². The van der Waals surface area contributed by atoms with Gasteiger partial charge in [0.2, 0.25) is 5.95 Å². The topological polar surface area (TPSA) is 90.1 Å². The molecule has 6 nitrogen and oxygen atoms in total. The first-order valence-electron chi connectivity index (χ1n) is 7.47. The number of nitrogens with zero attached hydrogens (tertiary/aromatic N) is 2. The average Bonchev–Trinajstić information content (AvgIpc) is 2.54. The summed E-state index contributed by atoms with van der Waals surface area (Å²) in [6.45, 7) is 0. The maximum absolute atomic E-state index is 12.0. The van der Waals surface area contributed by atoms with Crippen LogP contribution < -0.4 is 15.8 Å². The maximum Gasteiger partial charge on any atom is 0.222 e. The fraction of sp³-hybridized carbons (Fsp3) is 0.312. The summed E-state index contributed by atoms with van der Waals surface area (Å²) in [5.74, 6) is 1.75. The van der Waals surface area contributed by atoms with E-state index in [0.717, 1.165) is 19.3 Å². The molecule has 1 aromatic carbocycles. The number of hydrogen-bond donors (Lipinski definition) is 2. The molecule has 0 amide bonds. The zero-order valence-electron chi connectivity index (χ0n) is 12.5. The summed E-state index contributed by atoms with van der Waals surface area (Å²) in [5.41, 5.74) is 5.66. The van der Waals surface area contributed by atoms with Crippen molar-refractivity contribution < 1.29 is 9.53 Å². The van der Waals surface area contributed by atoms with Crippen molar-refractivity contribution in [2.24, 2.45) is 0 Å². The fourth-order valence-corrected chi connectivity index (χ4v) is 2.62. The maximum atomic E-state index is 12.0. The number of ether oxygens (including phenoxy) is 1. The van der Waals surface area contributed by atoms with Gasteiger partial charge in [-0.1, -0.05) is 18.0 Å². The van der Waals surface area contributed by atoms with Crippen LogP contribution in [0.3, 0.4) is 0 Å². The molecule has 1 heterocycles. The van der Waals surface area contributed by atoms with E-state index in [9.17, 15) is 4.79 Å². The zero-order chi connectivity index (χ0) is 16.2. The number of rotatable bonds is 4. The van der Waals surface area contributed by atoms with E-state index in [-0.39, 0.29) is 17.8 Å². The number of halogens is 1. The smallest absolute Gasteiger partial charge is 0.222 e. The number of anilines is 2. The van der Waals surface area contributed by atoms with Gasteiger partial charge in [0.25, 0.3) is 0 Å². The summed E-state index contributed by atoms with van der Waals surface area (Å²) in [7, 11) is 0. The predicted octanol–water partition coefficient (Wildman–Crippen LogP) is 3.43. The van der Waals surface area contributed by atoms with E-state index in [1.54, 1.807) is 24.3 Å². The Kier molecular flexibility index (Phi) is 4.62. The third kappa shape index (κ3) is 3.90. The number of hydrogen-bond acceptors (Lipinski definition) is 6. The van der Waals surface area contributed by atoms with Crippen LogP contribution in [-0.2, 0) is 4.79 Å². The Morgan fingerprint density at radius 3 is 2.78 bits per heavy atom. The molecule has 0 saturated heterocycles. The number of nitrogens with two attached hydrogens (primary N) is 1. The molecule has 3 N–H and O–H groups in total. The molecule has 23 heavy (non-hydrogen) atoms. The van der Waals surface area contributed by atoms with Gasteiger partial charge in [-0.2, -0.15) is 4.98 Å². The van der Waals surface area contributed by atoms with Crippen LogP contribution in [0.4, 0.5) is 11.8 Å². The van der Waals surface area contributed by atoms with Crippen molar-refractivity contribution in [2.45, 2.75) is 31.7 Å². The number of nitrogen functional groups attached to an aromatic ring is 1. The van der Waals surface area contributed by atoms with E-state index in [4.69, 9.17) is 22.1 Å². The summed E-state index contributed by atoms with van der Waals surface area (Å²) in [5, 5.41) is 3.76. The van der Waals surface area contributed by atoms with Crippen LogP contribution in [0, 0.1) is 0 Å². The second-order valence-corrected chi connectivity index (χ2v) is 5.84. The van der Waals surface area contributed by atoms with Gasteiger partial charge in [-0.3, -0.25) is 4.79 Å². The number of benzene rings is 1. The van der Waals surface area contributed by atoms with Crippen LogP contribution in [-0.4, -0.2) is 21.8 Å². The van der Waals surface area contributed by atoms with Gasteiger partial charge in [0.1, 0.15) is 5.75 Å². The van der Waals surface area contributed by atoms with Crippen molar-refractivity contribution in [3.8, 4) is 11.5 Å². The lowest BCUT2D eigenvalue weighted by atomic mass is 9.94. The van der Waals surface area contributed by atoms with Crippen molar-refractivity contribution in [3.05, 3.63) is 35.5 Å². The number of carbonyl (C=O) groups excluding carboxylic acids is 1. The van der Waals surface area contributed by atoms with Crippen LogP contribution >= 0.6 is 11.6 Å². The van der Waals surface area contributed by atoms with Crippen molar-refractivity contribution in [1.82, 2.24) is 9.97 Å². The van der Waals surface area contributed by atoms with Gasteiger partial charge in [0.05, 0.1) is 12.2 Å². The summed E-state index contributed by atoms with van der Waals surface area (Å²) in [6, 6.07) is 6.69. The van der Waals surface area contributed by atoms with Crippen molar-refractivity contribution in [2.75, 3.05) is 11.1 Å². The summed E-state index contributed by atoms with van der Waals surface area (Å²) in [4.78, 5) is 20.1. The average molecular weight is 333 g/mol. The third-order valence-electron chi connectivity index (χ3n) is 3.68. The molecule has 1 saturated carbocycles. The van der Waals surface area contributed by atoms with Gasteiger partial charge in [0.15, 0.2) is 17.4 Å². The normalized spacial score (nSPS) is 17.8. The number of nitrogens with one attached hydrogen (secondary N) is 1. The van der Waals surface area contributed by atoms with Gasteiger partial charge < -0.3 is 15.8 Å². The minimum absolute atomic E-state index is 0.124. The second kappa shape index (κ2) is 6.83. The van der Waals surface area contributed by atoms with Crippen LogP contribution in [0.2, 0.25) is 5.02 Å². The van der Waals surface area contributed by atoms with E-state index in [1.807, 2.05) is 0 Å². The minimum atomic E-state index is -0.259. The molecule has 1 aliphatic carbocycles. The highest BCUT2D eigenvalue weighted by Gasteiger charge is 2.24. The van der Waals surface area contributed by atoms with Gasteiger partial charge >= 0.3 is 0 Å². The summed E-state index contributed by atoms with van der Waals surface area (Å²) in [6.07, 6.45) is 4.82. The second-order valence-electron chi connectivity index (χ2n) is 5.41. The lowest BCUT2D eigenvalue weighted by Crippen LogP contribution is -2.32. The van der Waals surface area contributed by atoms with Crippen molar-refractivity contribution in [1.29, 1.82) is 0 Å². The molecule has 1 aliphatic rings. The lowest BCUT2D eigenvalue weighted by molar-refractivity contribution is -0.121. The highest BCUT2D eigenvalue weighted by Crippen LogP contribution is 2.30. The molecule has 7 heteroatoms. The summed E-state index contributed by atoms with van der Waals surface area (Å²) >= 11 is 5.86. The molecular formula is C16H17ClN4O2. The molecule has 0 bridgehead atoms. The Balaban J connectivity index is 1.82. The minimum Gasteiger partial charge on any atom is -0.452 e. The predicted molar refractivity (Wildman–Crippen MR) is 88.9 cm³/mol. The monoisotopic (exact) mass is 332 g/mol. The standard InChI is InChI=1S/C16H17ClN4O2/c17-10-5-7-11(8-6-10)23-14-9-19-16(18)21-15(14)20-12-3-1-2-4-13(12)22/h5-9,12H,1-4H2,(H3,18,19,20,21). The van der Waals surface area contributed by atoms with Crippen LogP contribution in [0.1, 0.15) is 25.7 Å². The molecule has 0 radical (unpaired) electrons. The van der Waals surface area contributed by atoms with E-state index >= 15 is 0 Å². The van der Waals surface area contributed by atoms with E-state index in [0.29, 0.717) is 28.8 Å². The number of ketones is 1. The molecule has 1 unspecified atom stereocenters. The van der Waals surface area contributed by atoms with E-state index < -0.39 is 0 Å². The molecule has 1 atom stereocenters. The third-order valence-corrected chi connectivity index (χ3v) is 3.93. The molecule has 0 aliphatic heterocycles. The number of carbonyl (C=O) groups is 1. The van der Waals surface area contributed by atoms with Gasteiger partial charge in [-0.05, 0) is 37.1 Å². The highest BCUT2D eigenvalue weighted by atomic mass is 35.5. The highest BCUT2D eigenvalue weighted by molar-refractivity contribution is 6.30. The first-order valence-corrected chi connectivity index (χ1v) is 7.85.